The van der Waals surface area contributed by atoms with Crippen molar-refractivity contribution in [3.8, 4) is 11.5 Å². The minimum Gasteiger partial charge on any atom is -0.452 e. The highest BCUT2D eigenvalue weighted by Gasteiger charge is 2.16. The van der Waals surface area contributed by atoms with Crippen molar-refractivity contribution in [3.05, 3.63) is 58.9 Å². The molecule has 0 saturated carbocycles. The van der Waals surface area contributed by atoms with Crippen molar-refractivity contribution in [3.63, 3.8) is 0 Å². The molecule has 0 aliphatic rings. The summed E-state index contributed by atoms with van der Waals surface area (Å²) in [4.78, 5) is 0. The van der Waals surface area contributed by atoms with Gasteiger partial charge in [0.15, 0.2) is 11.6 Å². The maximum Gasteiger partial charge on any atom is 0.167 e. The molecule has 21 heavy (non-hydrogen) atoms. The van der Waals surface area contributed by atoms with E-state index in [-0.39, 0.29) is 11.8 Å². The van der Waals surface area contributed by atoms with Gasteiger partial charge in [-0.2, -0.15) is 0 Å². The fraction of sp³-hybridized carbons (Fsp3) is 0.294. The Morgan fingerprint density at radius 3 is 2.67 bits per heavy atom. The average Bonchev–Trinajstić information content (AvgIpc) is 2.49. The maximum atomic E-state index is 14.2. The van der Waals surface area contributed by atoms with Crippen LogP contribution in [-0.2, 0) is 0 Å². The van der Waals surface area contributed by atoms with Gasteiger partial charge in [0.2, 0.25) is 0 Å². The van der Waals surface area contributed by atoms with E-state index < -0.39 is 5.82 Å². The lowest BCUT2D eigenvalue weighted by molar-refractivity contribution is 0.425. The summed E-state index contributed by atoms with van der Waals surface area (Å²) in [5.74, 6) is 0.285. The Morgan fingerprint density at radius 1 is 1.19 bits per heavy atom. The zero-order valence-electron chi connectivity index (χ0n) is 12.2. The van der Waals surface area contributed by atoms with Crippen LogP contribution < -0.4 is 10.1 Å². The first kappa shape index (κ1) is 15.8. The topological polar surface area (TPSA) is 21.3 Å². The molecular weight excluding hydrogens is 289 g/mol. The third kappa shape index (κ3) is 3.96. The van der Waals surface area contributed by atoms with Crippen LogP contribution in [0.15, 0.2) is 42.5 Å². The Hall–Kier alpha value is -1.58. The molecule has 4 heteroatoms. The quantitative estimate of drug-likeness (QED) is 0.778. The van der Waals surface area contributed by atoms with E-state index in [0.717, 1.165) is 18.5 Å². The number of ether oxygens (including phenoxy) is 1. The molecule has 2 nitrogen and oxygen atoms in total. The number of halogens is 2. The van der Waals surface area contributed by atoms with Gasteiger partial charge in [0.1, 0.15) is 5.75 Å². The van der Waals surface area contributed by atoms with Crippen molar-refractivity contribution in [2.24, 2.45) is 0 Å². The molecule has 0 amide bonds. The first-order valence-electron chi connectivity index (χ1n) is 7.07. The molecule has 0 aliphatic heterocycles. The Morgan fingerprint density at radius 2 is 1.95 bits per heavy atom. The molecule has 0 bridgehead atoms. The Balaban J connectivity index is 2.32. The van der Waals surface area contributed by atoms with E-state index in [0.29, 0.717) is 10.8 Å². The molecule has 0 radical (unpaired) electrons. The maximum absolute atomic E-state index is 14.2. The summed E-state index contributed by atoms with van der Waals surface area (Å²) in [6.45, 7) is 4.94. The molecule has 1 atom stereocenters. The lowest BCUT2D eigenvalue weighted by Gasteiger charge is -2.18. The highest BCUT2D eigenvalue weighted by molar-refractivity contribution is 6.32. The van der Waals surface area contributed by atoms with Crippen molar-refractivity contribution in [2.45, 2.75) is 26.3 Å². The highest BCUT2D eigenvalue weighted by Crippen LogP contribution is 2.35. The third-order valence-electron chi connectivity index (χ3n) is 3.21. The molecule has 2 aromatic rings. The smallest absolute Gasteiger partial charge is 0.167 e. The lowest BCUT2D eigenvalue weighted by atomic mass is 10.1. The van der Waals surface area contributed by atoms with E-state index in [9.17, 15) is 4.39 Å². The van der Waals surface area contributed by atoms with E-state index in [2.05, 4.69) is 12.2 Å². The summed E-state index contributed by atoms with van der Waals surface area (Å²) in [6.07, 6.45) is 1.01. The molecule has 0 aromatic heterocycles. The SMILES string of the molecule is CCCNC(C)c1cccc(F)c1Oc1ccccc1Cl. The predicted molar refractivity (Wildman–Crippen MR) is 84.6 cm³/mol. The molecule has 0 fully saturated rings. The summed E-state index contributed by atoms with van der Waals surface area (Å²) in [5, 5.41) is 3.80. The summed E-state index contributed by atoms with van der Waals surface area (Å²) < 4.78 is 19.9. The first-order valence-corrected chi connectivity index (χ1v) is 7.45. The van der Waals surface area contributed by atoms with E-state index in [1.165, 1.54) is 6.07 Å². The largest absolute Gasteiger partial charge is 0.452 e. The molecular formula is C17H19ClFNO. The van der Waals surface area contributed by atoms with Crippen LogP contribution in [0.4, 0.5) is 4.39 Å². The van der Waals surface area contributed by atoms with Crippen LogP contribution in [0.25, 0.3) is 0 Å². The summed E-state index contributed by atoms with van der Waals surface area (Å²) in [5.41, 5.74) is 0.781. The average molecular weight is 308 g/mol. The lowest BCUT2D eigenvalue weighted by Crippen LogP contribution is -2.20. The molecule has 1 unspecified atom stereocenters. The van der Waals surface area contributed by atoms with Crippen molar-refractivity contribution >= 4 is 11.6 Å². The van der Waals surface area contributed by atoms with Crippen LogP contribution in [0.3, 0.4) is 0 Å². The Kier molecular flexibility index (Phi) is 5.59. The molecule has 0 aliphatic carbocycles. The number of rotatable bonds is 6. The minimum absolute atomic E-state index is 0.00172. The molecule has 0 saturated heterocycles. The zero-order chi connectivity index (χ0) is 15.2. The Bertz CT molecular complexity index is 603. The van der Waals surface area contributed by atoms with Gasteiger partial charge >= 0.3 is 0 Å². The molecule has 0 heterocycles. The second kappa shape index (κ2) is 7.43. The molecule has 2 aromatic carbocycles. The van der Waals surface area contributed by atoms with Gasteiger partial charge in [-0.1, -0.05) is 42.8 Å². The zero-order valence-corrected chi connectivity index (χ0v) is 13.0. The van der Waals surface area contributed by atoms with Gasteiger partial charge in [-0.25, -0.2) is 4.39 Å². The molecule has 0 spiro atoms. The minimum atomic E-state index is -0.391. The predicted octanol–water partition coefficient (Wildman–Crippen LogP) is 5.33. The van der Waals surface area contributed by atoms with E-state index >= 15 is 0 Å². The summed E-state index contributed by atoms with van der Waals surface area (Å²) >= 11 is 6.08. The number of hydrogen-bond donors (Lipinski definition) is 1. The second-order valence-electron chi connectivity index (χ2n) is 4.87. The van der Waals surface area contributed by atoms with E-state index in [1.807, 2.05) is 19.1 Å². The van der Waals surface area contributed by atoms with E-state index in [1.54, 1.807) is 24.3 Å². The second-order valence-corrected chi connectivity index (χ2v) is 5.27. The van der Waals surface area contributed by atoms with Crippen LogP contribution in [-0.4, -0.2) is 6.54 Å². The van der Waals surface area contributed by atoms with Crippen LogP contribution in [0.5, 0.6) is 11.5 Å². The van der Waals surface area contributed by atoms with E-state index in [4.69, 9.17) is 16.3 Å². The van der Waals surface area contributed by atoms with Crippen molar-refractivity contribution in [1.82, 2.24) is 5.32 Å². The van der Waals surface area contributed by atoms with Crippen LogP contribution in [0.2, 0.25) is 5.02 Å². The fourth-order valence-electron chi connectivity index (χ4n) is 2.08. The molecule has 112 valence electrons. The number of para-hydroxylation sites is 2. The van der Waals surface area contributed by atoms with Crippen molar-refractivity contribution in [1.29, 1.82) is 0 Å². The highest BCUT2D eigenvalue weighted by atomic mass is 35.5. The van der Waals surface area contributed by atoms with Gasteiger partial charge in [0, 0.05) is 11.6 Å². The monoisotopic (exact) mass is 307 g/mol. The van der Waals surface area contributed by atoms with Crippen LogP contribution in [0, 0.1) is 5.82 Å². The summed E-state index contributed by atoms with van der Waals surface area (Å²) in [7, 11) is 0. The van der Waals surface area contributed by atoms with Gasteiger partial charge in [-0.3, -0.25) is 0 Å². The van der Waals surface area contributed by atoms with Gasteiger partial charge < -0.3 is 10.1 Å². The first-order chi connectivity index (χ1) is 10.1. The number of nitrogens with one attached hydrogen (secondary N) is 1. The van der Waals surface area contributed by atoms with Crippen LogP contribution >= 0.6 is 11.6 Å². The van der Waals surface area contributed by atoms with Crippen molar-refractivity contribution < 1.29 is 9.13 Å². The molecule has 1 N–H and O–H groups in total. The normalized spacial score (nSPS) is 12.2. The molecule has 2 rings (SSSR count). The van der Waals surface area contributed by atoms with Crippen molar-refractivity contribution in [2.75, 3.05) is 6.54 Å². The van der Waals surface area contributed by atoms with Gasteiger partial charge in [0.25, 0.3) is 0 Å². The van der Waals surface area contributed by atoms with Crippen LogP contribution in [0.1, 0.15) is 31.9 Å². The standard InChI is InChI=1S/C17H19ClFNO/c1-3-11-20-12(2)13-7-6-9-15(19)17(13)21-16-10-5-4-8-14(16)18/h4-10,12,20H,3,11H2,1-2H3. The van der Waals surface area contributed by atoms with Gasteiger partial charge in [0.05, 0.1) is 5.02 Å². The number of hydrogen-bond acceptors (Lipinski definition) is 2. The Labute approximate surface area is 129 Å². The van der Waals surface area contributed by atoms with Gasteiger partial charge in [-0.05, 0) is 38.1 Å². The number of benzene rings is 2. The third-order valence-corrected chi connectivity index (χ3v) is 3.53. The van der Waals surface area contributed by atoms with Gasteiger partial charge in [-0.15, -0.1) is 0 Å². The fourth-order valence-corrected chi connectivity index (χ4v) is 2.26. The summed E-state index contributed by atoms with van der Waals surface area (Å²) in [6, 6.07) is 12.0.